The molecule has 0 saturated carbocycles. The van der Waals surface area contributed by atoms with E-state index in [1.165, 1.54) is 4.70 Å². The van der Waals surface area contributed by atoms with Crippen molar-refractivity contribution in [3.63, 3.8) is 0 Å². The first kappa shape index (κ1) is 18.7. The zero-order valence-corrected chi connectivity index (χ0v) is 17.1. The molecule has 1 fully saturated rings. The van der Waals surface area contributed by atoms with Gasteiger partial charge >= 0.3 is 0 Å². The summed E-state index contributed by atoms with van der Waals surface area (Å²) in [5, 5.41) is 7.97. The molecule has 0 atom stereocenters. The summed E-state index contributed by atoms with van der Waals surface area (Å²) >= 11 is 1.71. The Morgan fingerprint density at radius 1 is 1.07 bits per heavy atom. The van der Waals surface area contributed by atoms with E-state index >= 15 is 0 Å². The summed E-state index contributed by atoms with van der Waals surface area (Å²) in [6.45, 7) is 1.91. The minimum absolute atomic E-state index is 0.00727. The lowest BCUT2D eigenvalue weighted by Gasteiger charge is -2.30. The van der Waals surface area contributed by atoms with Gasteiger partial charge in [0.15, 0.2) is 5.13 Å². The molecule has 1 amide bonds. The lowest BCUT2D eigenvalue weighted by atomic mass is 9.96. The van der Waals surface area contributed by atoms with Crippen LogP contribution in [0.15, 0.2) is 59.1 Å². The summed E-state index contributed by atoms with van der Waals surface area (Å²) in [4.78, 5) is 24.0. The number of amides is 1. The van der Waals surface area contributed by atoms with Gasteiger partial charge in [0.25, 0.3) is 0 Å². The number of thiazole rings is 1. The SMILES string of the molecule is O=C(NCc1nc(-c2ccccc2)no1)C1CCN(c2nc3ccccc3s2)CC1. The lowest BCUT2D eigenvalue weighted by Crippen LogP contribution is -2.40. The first-order valence-electron chi connectivity index (χ1n) is 10.0. The summed E-state index contributed by atoms with van der Waals surface area (Å²) in [5.74, 6) is 0.976. The fourth-order valence-electron chi connectivity index (χ4n) is 3.67. The number of hydrogen-bond acceptors (Lipinski definition) is 7. The van der Waals surface area contributed by atoms with Crippen LogP contribution in [-0.4, -0.2) is 34.1 Å². The molecule has 1 saturated heterocycles. The molecule has 0 aliphatic carbocycles. The second-order valence-electron chi connectivity index (χ2n) is 7.32. The van der Waals surface area contributed by atoms with Crippen LogP contribution in [0.1, 0.15) is 18.7 Å². The summed E-state index contributed by atoms with van der Waals surface area (Å²) in [6.07, 6.45) is 1.61. The quantitative estimate of drug-likeness (QED) is 0.529. The molecule has 4 aromatic rings. The molecule has 0 bridgehead atoms. The smallest absolute Gasteiger partial charge is 0.246 e. The third-order valence-electron chi connectivity index (χ3n) is 5.33. The number of aromatic nitrogens is 3. The zero-order chi connectivity index (χ0) is 20.3. The van der Waals surface area contributed by atoms with Crippen molar-refractivity contribution in [2.75, 3.05) is 18.0 Å². The highest BCUT2D eigenvalue weighted by molar-refractivity contribution is 7.22. The van der Waals surface area contributed by atoms with E-state index in [0.717, 1.165) is 42.1 Å². The minimum atomic E-state index is -0.00727. The van der Waals surface area contributed by atoms with Gasteiger partial charge < -0.3 is 14.7 Å². The molecular formula is C22H21N5O2S. The van der Waals surface area contributed by atoms with Gasteiger partial charge in [0.05, 0.1) is 16.8 Å². The second-order valence-corrected chi connectivity index (χ2v) is 8.33. The predicted molar refractivity (Wildman–Crippen MR) is 116 cm³/mol. The summed E-state index contributed by atoms with van der Waals surface area (Å²) in [7, 11) is 0. The minimum Gasteiger partial charge on any atom is -0.348 e. The molecule has 3 heterocycles. The maximum absolute atomic E-state index is 12.6. The highest BCUT2D eigenvalue weighted by Gasteiger charge is 2.26. The van der Waals surface area contributed by atoms with Crippen molar-refractivity contribution >= 4 is 32.6 Å². The normalized spacial score (nSPS) is 14.9. The summed E-state index contributed by atoms with van der Waals surface area (Å²) < 4.78 is 6.47. The largest absolute Gasteiger partial charge is 0.348 e. The van der Waals surface area contributed by atoms with Gasteiger partial charge in [-0.25, -0.2) is 4.98 Å². The number of para-hydroxylation sites is 1. The summed E-state index contributed by atoms with van der Waals surface area (Å²) in [5.41, 5.74) is 1.92. The number of anilines is 1. The van der Waals surface area contributed by atoms with E-state index in [-0.39, 0.29) is 18.4 Å². The molecule has 7 nitrogen and oxygen atoms in total. The highest BCUT2D eigenvalue weighted by Crippen LogP contribution is 2.31. The van der Waals surface area contributed by atoms with Crippen molar-refractivity contribution < 1.29 is 9.32 Å². The summed E-state index contributed by atoms with van der Waals surface area (Å²) in [6, 6.07) is 17.8. The van der Waals surface area contributed by atoms with E-state index in [4.69, 9.17) is 9.51 Å². The Balaban J connectivity index is 1.14. The van der Waals surface area contributed by atoms with E-state index in [1.54, 1.807) is 11.3 Å². The molecule has 30 heavy (non-hydrogen) atoms. The number of rotatable bonds is 5. The van der Waals surface area contributed by atoms with Crippen LogP contribution in [0.2, 0.25) is 0 Å². The molecule has 1 aliphatic rings. The van der Waals surface area contributed by atoms with Gasteiger partial charge in [-0.3, -0.25) is 4.79 Å². The van der Waals surface area contributed by atoms with Crippen molar-refractivity contribution in [3.05, 3.63) is 60.5 Å². The highest BCUT2D eigenvalue weighted by atomic mass is 32.1. The van der Waals surface area contributed by atoms with E-state index in [2.05, 4.69) is 26.4 Å². The van der Waals surface area contributed by atoms with Crippen LogP contribution in [-0.2, 0) is 11.3 Å². The molecule has 8 heteroatoms. The van der Waals surface area contributed by atoms with Crippen LogP contribution in [0.5, 0.6) is 0 Å². The first-order chi connectivity index (χ1) is 14.8. The predicted octanol–water partition coefficient (Wildman–Crippen LogP) is 3.88. The van der Waals surface area contributed by atoms with E-state index in [0.29, 0.717) is 11.7 Å². The van der Waals surface area contributed by atoms with Gasteiger partial charge in [-0.05, 0) is 25.0 Å². The van der Waals surface area contributed by atoms with Gasteiger partial charge in [-0.2, -0.15) is 4.98 Å². The van der Waals surface area contributed by atoms with Gasteiger partial charge in [0.1, 0.15) is 0 Å². The number of nitrogens with one attached hydrogen (secondary N) is 1. The van der Waals surface area contributed by atoms with Crippen LogP contribution < -0.4 is 10.2 Å². The van der Waals surface area contributed by atoms with Crippen molar-refractivity contribution in [1.82, 2.24) is 20.4 Å². The van der Waals surface area contributed by atoms with E-state index in [1.807, 2.05) is 48.5 Å². The Kier molecular flexibility index (Phi) is 5.15. The van der Waals surface area contributed by atoms with Crippen LogP contribution in [0.3, 0.4) is 0 Å². The van der Waals surface area contributed by atoms with E-state index in [9.17, 15) is 4.79 Å². The third kappa shape index (κ3) is 3.91. The number of benzene rings is 2. The Morgan fingerprint density at radius 3 is 2.63 bits per heavy atom. The molecule has 2 aromatic carbocycles. The van der Waals surface area contributed by atoms with E-state index < -0.39 is 0 Å². The Hall–Kier alpha value is -3.26. The number of carbonyl (C=O) groups is 1. The van der Waals surface area contributed by atoms with Crippen molar-refractivity contribution in [2.45, 2.75) is 19.4 Å². The topological polar surface area (TPSA) is 84.2 Å². The molecule has 2 aromatic heterocycles. The van der Waals surface area contributed by atoms with Crippen molar-refractivity contribution in [2.24, 2.45) is 5.92 Å². The molecule has 1 aliphatic heterocycles. The molecule has 1 N–H and O–H groups in total. The molecular weight excluding hydrogens is 398 g/mol. The van der Waals surface area contributed by atoms with Gasteiger partial charge in [-0.1, -0.05) is 59.0 Å². The van der Waals surface area contributed by atoms with Gasteiger partial charge in [0, 0.05) is 24.6 Å². The second kappa shape index (κ2) is 8.23. The number of nitrogens with zero attached hydrogens (tertiary/aromatic N) is 4. The Bertz CT molecular complexity index is 1120. The Morgan fingerprint density at radius 2 is 1.83 bits per heavy atom. The fourth-order valence-corrected chi connectivity index (χ4v) is 4.68. The molecule has 0 radical (unpaired) electrons. The third-order valence-corrected chi connectivity index (χ3v) is 6.43. The van der Waals surface area contributed by atoms with Gasteiger partial charge in [0.2, 0.25) is 17.6 Å². The molecule has 0 unspecified atom stereocenters. The molecule has 5 rings (SSSR count). The standard InChI is InChI=1S/C22H21N5O2S/c28-21(23-14-19-25-20(26-29-19)15-6-2-1-3-7-15)16-10-12-27(13-11-16)22-24-17-8-4-5-9-18(17)30-22/h1-9,16H,10-14H2,(H,23,28). The molecule has 152 valence electrons. The van der Waals surface area contributed by atoms with Crippen LogP contribution >= 0.6 is 11.3 Å². The number of carbonyl (C=O) groups excluding carboxylic acids is 1. The average molecular weight is 420 g/mol. The molecule has 0 spiro atoms. The maximum Gasteiger partial charge on any atom is 0.246 e. The maximum atomic E-state index is 12.6. The number of hydrogen-bond donors (Lipinski definition) is 1. The lowest BCUT2D eigenvalue weighted by molar-refractivity contribution is -0.125. The van der Waals surface area contributed by atoms with Gasteiger partial charge in [-0.15, -0.1) is 0 Å². The monoisotopic (exact) mass is 419 g/mol. The fraction of sp³-hybridized carbons (Fsp3) is 0.273. The average Bonchev–Trinajstić information content (AvgIpc) is 3.45. The zero-order valence-electron chi connectivity index (χ0n) is 16.3. The van der Waals surface area contributed by atoms with Crippen molar-refractivity contribution in [3.8, 4) is 11.4 Å². The number of fused-ring (bicyclic) bond motifs is 1. The van der Waals surface area contributed by atoms with Crippen molar-refractivity contribution in [1.29, 1.82) is 0 Å². The van der Waals surface area contributed by atoms with Crippen LogP contribution in [0.4, 0.5) is 5.13 Å². The first-order valence-corrected chi connectivity index (χ1v) is 10.8. The van der Waals surface area contributed by atoms with Crippen LogP contribution in [0, 0.1) is 5.92 Å². The Labute approximate surface area is 177 Å². The number of piperidine rings is 1. The van der Waals surface area contributed by atoms with Crippen LogP contribution in [0.25, 0.3) is 21.6 Å².